The van der Waals surface area contributed by atoms with Gasteiger partial charge in [-0.05, 0) is 50.0 Å². The first-order valence-electron chi connectivity index (χ1n) is 11.0. The van der Waals surface area contributed by atoms with Gasteiger partial charge in [-0.1, -0.05) is 62.4 Å². The zero-order chi connectivity index (χ0) is 22.2. The predicted octanol–water partition coefficient (Wildman–Crippen LogP) is 3.66. The molecular formula is C23H32N4O3S. The second kappa shape index (κ2) is 11.4. The van der Waals surface area contributed by atoms with Gasteiger partial charge in [0.15, 0.2) is 0 Å². The van der Waals surface area contributed by atoms with Crippen LogP contribution in [0.3, 0.4) is 0 Å². The molecule has 2 atom stereocenters. The van der Waals surface area contributed by atoms with E-state index in [2.05, 4.69) is 32.5 Å². The van der Waals surface area contributed by atoms with Gasteiger partial charge in [0.2, 0.25) is 17.7 Å². The number of nitrogens with zero attached hydrogens (tertiary/aromatic N) is 3. The summed E-state index contributed by atoms with van der Waals surface area (Å²) in [4.78, 5) is 28.3. The van der Waals surface area contributed by atoms with Gasteiger partial charge in [-0.15, -0.1) is 10.2 Å². The fraction of sp³-hybridized carbons (Fsp3) is 0.565. The Morgan fingerprint density at radius 1 is 1.23 bits per heavy atom. The fourth-order valence-corrected chi connectivity index (χ4v) is 4.29. The molecule has 168 valence electrons. The third kappa shape index (κ3) is 6.64. The van der Waals surface area contributed by atoms with Crippen LogP contribution in [-0.4, -0.2) is 52.3 Å². The van der Waals surface area contributed by atoms with Crippen molar-refractivity contribution in [2.45, 2.75) is 63.1 Å². The van der Waals surface area contributed by atoms with Crippen molar-refractivity contribution in [3.63, 3.8) is 0 Å². The predicted molar refractivity (Wildman–Crippen MR) is 121 cm³/mol. The van der Waals surface area contributed by atoms with E-state index in [1.165, 1.54) is 17.3 Å². The number of hydrogen-bond acceptors (Lipinski definition) is 7. The minimum Gasteiger partial charge on any atom is -0.415 e. The standard InChI is InChI=1S/C23H32N4O3S/c1-16(2)15-18(22-25-26-23(30-22)31-3)20(28)24-21(29)19-11-7-8-13-27(19)14-12-17-9-5-4-6-10-17/h4-6,9-10,16,18-19H,7-8,11-15H2,1-3H3,(H,24,28,29)/t18-,19+/m1/s1. The second-order valence-corrected chi connectivity index (χ2v) is 9.19. The number of piperidine rings is 1. The average molecular weight is 445 g/mol. The molecule has 0 spiro atoms. The Bertz CT molecular complexity index is 856. The number of aromatic nitrogens is 2. The van der Waals surface area contributed by atoms with E-state index in [1.54, 1.807) is 0 Å². The van der Waals surface area contributed by atoms with Crippen LogP contribution in [0.2, 0.25) is 0 Å². The number of likely N-dealkylation sites (tertiary alicyclic amines) is 1. The molecule has 0 bridgehead atoms. The maximum Gasteiger partial charge on any atom is 0.276 e. The summed E-state index contributed by atoms with van der Waals surface area (Å²) in [5.41, 5.74) is 1.25. The van der Waals surface area contributed by atoms with Gasteiger partial charge in [-0.25, -0.2) is 0 Å². The summed E-state index contributed by atoms with van der Waals surface area (Å²) < 4.78 is 5.61. The van der Waals surface area contributed by atoms with Crippen molar-refractivity contribution in [1.82, 2.24) is 20.4 Å². The molecule has 2 heterocycles. The van der Waals surface area contributed by atoms with Crippen molar-refractivity contribution in [1.29, 1.82) is 0 Å². The lowest BCUT2D eigenvalue weighted by Gasteiger charge is -2.34. The summed E-state index contributed by atoms with van der Waals surface area (Å²) >= 11 is 1.33. The van der Waals surface area contributed by atoms with Gasteiger partial charge < -0.3 is 4.42 Å². The van der Waals surface area contributed by atoms with Crippen molar-refractivity contribution in [3.8, 4) is 0 Å². The van der Waals surface area contributed by atoms with E-state index in [-0.39, 0.29) is 29.7 Å². The lowest BCUT2D eigenvalue weighted by Crippen LogP contribution is -2.52. The quantitative estimate of drug-likeness (QED) is 0.591. The normalized spacial score (nSPS) is 18.1. The molecule has 1 saturated heterocycles. The Labute approximate surface area is 188 Å². The highest BCUT2D eigenvalue weighted by Crippen LogP contribution is 2.26. The number of hydrogen-bond donors (Lipinski definition) is 1. The molecule has 1 aromatic heterocycles. The van der Waals surface area contributed by atoms with Gasteiger partial charge >= 0.3 is 0 Å². The molecule has 0 aliphatic carbocycles. The van der Waals surface area contributed by atoms with Crippen LogP contribution < -0.4 is 5.32 Å². The minimum atomic E-state index is -0.626. The molecule has 31 heavy (non-hydrogen) atoms. The van der Waals surface area contributed by atoms with E-state index < -0.39 is 5.92 Å². The molecule has 0 saturated carbocycles. The van der Waals surface area contributed by atoms with Gasteiger partial charge in [0.05, 0.1) is 6.04 Å². The van der Waals surface area contributed by atoms with Crippen molar-refractivity contribution in [3.05, 3.63) is 41.8 Å². The number of imide groups is 1. The molecule has 1 fully saturated rings. The van der Waals surface area contributed by atoms with Crippen LogP contribution >= 0.6 is 11.8 Å². The van der Waals surface area contributed by atoms with Crippen LogP contribution in [0, 0.1) is 5.92 Å². The molecule has 1 aliphatic heterocycles. The van der Waals surface area contributed by atoms with E-state index in [0.29, 0.717) is 11.6 Å². The Morgan fingerprint density at radius 3 is 2.68 bits per heavy atom. The number of carbonyl (C=O) groups excluding carboxylic acids is 2. The molecule has 1 aliphatic rings. The maximum absolute atomic E-state index is 13.1. The molecular weight excluding hydrogens is 412 g/mol. The van der Waals surface area contributed by atoms with E-state index in [4.69, 9.17) is 4.42 Å². The van der Waals surface area contributed by atoms with Gasteiger partial charge in [0.25, 0.3) is 5.22 Å². The van der Waals surface area contributed by atoms with Crippen molar-refractivity contribution in [2.75, 3.05) is 19.3 Å². The van der Waals surface area contributed by atoms with Crippen LogP contribution in [0.15, 0.2) is 40.0 Å². The van der Waals surface area contributed by atoms with Crippen molar-refractivity contribution < 1.29 is 14.0 Å². The Balaban J connectivity index is 1.65. The number of benzene rings is 1. The maximum atomic E-state index is 13.1. The summed E-state index contributed by atoms with van der Waals surface area (Å²) in [7, 11) is 0. The minimum absolute atomic E-state index is 0.226. The van der Waals surface area contributed by atoms with Gasteiger partial charge in [-0.3, -0.25) is 19.8 Å². The largest absolute Gasteiger partial charge is 0.415 e. The summed E-state index contributed by atoms with van der Waals surface area (Å²) in [5, 5.41) is 11.1. The average Bonchev–Trinajstić information content (AvgIpc) is 3.25. The van der Waals surface area contributed by atoms with E-state index in [1.807, 2.05) is 38.3 Å². The van der Waals surface area contributed by atoms with Crippen molar-refractivity contribution >= 4 is 23.6 Å². The molecule has 2 amide bonds. The Morgan fingerprint density at radius 2 is 2.00 bits per heavy atom. The lowest BCUT2D eigenvalue weighted by molar-refractivity contribution is -0.135. The summed E-state index contributed by atoms with van der Waals surface area (Å²) in [6.45, 7) is 5.72. The third-order valence-corrected chi connectivity index (χ3v) is 6.13. The lowest BCUT2D eigenvalue weighted by atomic mass is 9.95. The monoisotopic (exact) mass is 444 g/mol. The van der Waals surface area contributed by atoms with Crippen LogP contribution in [-0.2, 0) is 16.0 Å². The molecule has 7 nitrogen and oxygen atoms in total. The van der Waals surface area contributed by atoms with Gasteiger partial charge in [0, 0.05) is 6.54 Å². The highest BCUT2D eigenvalue weighted by Gasteiger charge is 2.33. The first kappa shape index (κ1) is 23.5. The second-order valence-electron chi connectivity index (χ2n) is 8.43. The molecule has 8 heteroatoms. The van der Waals surface area contributed by atoms with Crippen LogP contribution in [0.25, 0.3) is 0 Å². The van der Waals surface area contributed by atoms with E-state index in [9.17, 15) is 9.59 Å². The molecule has 0 unspecified atom stereocenters. The van der Waals surface area contributed by atoms with E-state index in [0.717, 1.165) is 38.8 Å². The van der Waals surface area contributed by atoms with Gasteiger partial charge in [-0.2, -0.15) is 0 Å². The highest BCUT2D eigenvalue weighted by molar-refractivity contribution is 7.98. The number of thioether (sulfide) groups is 1. The topological polar surface area (TPSA) is 88.3 Å². The summed E-state index contributed by atoms with van der Waals surface area (Å²) in [6, 6.07) is 9.99. The first-order chi connectivity index (χ1) is 15.0. The van der Waals surface area contributed by atoms with Gasteiger partial charge in [0.1, 0.15) is 5.92 Å². The SMILES string of the molecule is CSc1nnc([C@H](CC(C)C)C(=O)NC(=O)[C@@H]2CCCCN2CCc2ccccc2)o1. The molecule has 1 aromatic carbocycles. The van der Waals surface area contributed by atoms with Crippen molar-refractivity contribution in [2.24, 2.45) is 5.92 Å². The molecule has 1 N–H and O–H groups in total. The molecule has 3 rings (SSSR count). The number of amides is 2. The Hall–Kier alpha value is -2.19. The Kier molecular flexibility index (Phi) is 8.66. The number of carbonyl (C=O) groups is 2. The van der Waals surface area contributed by atoms with Crippen LogP contribution in [0.5, 0.6) is 0 Å². The molecule has 2 aromatic rings. The summed E-state index contributed by atoms with van der Waals surface area (Å²) in [6.07, 6.45) is 6.09. The highest BCUT2D eigenvalue weighted by atomic mass is 32.2. The molecule has 0 radical (unpaired) electrons. The third-order valence-electron chi connectivity index (χ3n) is 5.61. The first-order valence-corrected chi connectivity index (χ1v) is 12.2. The van der Waals surface area contributed by atoms with Crippen LogP contribution in [0.4, 0.5) is 0 Å². The van der Waals surface area contributed by atoms with E-state index >= 15 is 0 Å². The number of nitrogens with one attached hydrogen (secondary N) is 1. The van der Waals surface area contributed by atoms with Crippen LogP contribution in [0.1, 0.15) is 56.9 Å². The zero-order valence-electron chi connectivity index (χ0n) is 18.5. The fourth-order valence-electron chi connectivity index (χ4n) is 4.00. The zero-order valence-corrected chi connectivity index (χ0v) is 19.4. The smallest absolute Gasteiger partial charge is 0.276 e. The number of rotatable bonds is 9. The summed E-state index contributed by atoms with van der Waals surface area (Å²) in [5.74, 6) is -0.695.